The number of ether oxygens (including phenoxy) is 1. The molecule has 0 radical (unpaired) electrons. The summed E-state index contributed by atoms with van der Waals surface area (Å²) in [5.41, 5.74) is 6.71. The van der Waals surface area contributed by atoms with Gasteiger partial charge in [-0.2, -0.15) is 5.10 Å². The van der Waals surface area contributed by atoms with Gasteiger partial charge in [0.25, 0.3) is 5.91 Å². The summed E-state index contributed by atoms with van der Waals surface area (Å²) in [4.78, 5) is 13.9. The number of hydrogen-bond acceptors (Lipinski definition) is 4. The Morgan fingerprint density at radius 2 is 1.88 bits per heavy atom. The van der Waals surface area contributed by atoms with Crippen LogP contribution in [0.5, 0.6) is 5.75 Å². The third-order valence-electron chi connectivity index (χ3n) is 4.05. The Hall–Kier alpha value is -2.82. The van der Waals surface area contributed by atoms with Gasteiger partial charge in [0.2, 0.25) is 0 Å². The number of benzene rings is 2. The molecule has 0 saturated carbocycles. The van der Waals surface area contributed by atoms with E-state index >= 15 is 0 Å². The molecule has 0 aliphatic heterocycles. The van der Waals surface area contributed by atoms with Crippen molar-refractivity contribution in [1.29, 1.82) is 0 Å². The number of anilines is 1. The standard InChI is InChI=1S/C21H27N3O2/c1-15(2)18-9-6-16(3)20(12-18)26-14-21(25)23-22-13-17-7-10-19(11-8-17)24(4)5/h6-13,15H,14H2,1-5H3,(H,23,25)/b22-13-. The third-order valence-corrected chi connectivity index (χ3v) is 4.05. The van der Waals surface area contributed by atoms with Gasteiger partial charge in [0.05, 0.1) is 6.21 Å². The second-order valence-electron chi connectivity index (χ2n) is 6.75. The van der Waals surface area contributed by atoms with Gasteiger partial charge in [-0.15, -0.1) is 0 Å². The fourth-order valence-corrected chi connectivity index (χ4v) is 2.34. The van der Waals surface area contributed by atoms with Crippen LogP contribution in [-0.2, 0) is 4.79 Å². The molecule has 26 heavy (non-hydrogen) atoms. The van der Waals surface area contributed by atoms with Gasteiger partial charge in [0, 0.05) is 19.8 Å². The lowest BCUT2D eigenvalue weighted by molar-refractivity contribution is -0.123. The Labute approximate surface area is 155 Å². The molecule has 0 aliphatic carbocycles. The largest absolute Gasteiger partial charge is 0.483 e. The minimum absolute atomic E-state index is 0.0701. The van der Waals surface area contributed by atoms with Gasteiger partial charge >= 0.3 is 0 Å². The minimum atomic E-state index is -0.291. The number of nitrogens with zero attached hydrogens (tertiary/aromatic N) is 2. The van der Waals surface area contributed by atoms with E-state index in [1.54, 1.807) is 6.21 Å². The quantitative estimate of drug-likeness (QED) is 0.610. The van der Waals surface area contributed by atoms with Crippen LogP contribution in [-0.4, -0.2) is 32.8 Å². The molecule has 0 aliphatic rings. The number of hydrazone groups is 1. The summed E-state index contributed by atoms with van der Waals surface area (Å²) < 4.78 is 5.64. The first kappa shape index (κ1) is 19.5. The van der Waals surface area contributed by atoms with Crippen LogP contribution in [0.3, 0.4) is 0 Å². The lowest BCUT2D eigenvalue weighted by atomic mass is 10.0. The first-order valence-corrected chi connectivity index (χ1v) is 8.69. The van der Waals surface area contributed by atoms with Gasteiger partial charge in [0.15, 0.2) is 6.61 Å². The molecule has 0 fully saturated rings. The Bertz CT molecular complexity index is 765. The lowest BCUT2D eigenvalue weighted by Crippen LogP contribution is -2.24. The maximum absolute atomic E-state index is 11.9. The van der Waals surface area contributed by atoms with Crippen molar-refractivity contribution < 1.29 is 9.53 Å². The van der Waals surface area contributed by atoms with Crippen LogP contribution < -0.4 is 15.1 Å². The van der Waals surface area contributed by atoms with Crippen molar-refractivity contribution in [3.05, 3.63) is 59.2 Å². The van der Waals surface area contributed by atoms with Gasteiger partial charge in [-0.1, -0.05) is 38.1 Å². The molecule has 0 aromatic heterocycles. The summed E-state index contributed by atoms with van der Waals surface area (Å²) in [7, 11) is 3.98. The van der Waals surface area contributed by atoms with E-state index in [4.69, 9.17) is 4.74 Å². The molecule has 2 rings (SSSR count). The second kappa shape index (κ2) is 9.04. The first-order chi connectivity index (χ1) is 12.4. The van der Waals surface area contributed by atoms with Gasteiger partial charge in [-0.3, -0.25) is 4.79 Å². The van der Waals surface area contributed by atoms with E-state index in [0.29, 0.717) is 5.92 Å². The molecule has 0 unspecified atom stereocenters. The maximum Gasteiger partial charge on any atom is 0.277 e. The molecule has 0 atom stereocenters. The summed E-state index contributed by atoms with van der Waals surface area (Å²) in [6.45, 7) is 6.15. The van der Waals surface area contributed by atoms with Crippen LogP contribution >= 0.6 is 0 Å². The van der Waals surface area contributed by atoms with E-state index in [9.17, 15) is 4.79 Å². The summed E-state index contributed by atoms with van der Waals surface area (Å²) in [5.74, 6) is 0.852. The van der Waals surface area contributed by atoms with Gasteiger partial charge < -0.3 is 9.64 Å². The highest BCUT2D eigenvalue weighted by molar-refractivity contribution is 5.83. The molecule has 2 aromatic rings. The molecule has 138 valence electrons. The van der Waals surface area contributed by atoms with Crippen molar-refractivity contribution in [2.75, 3.05) is 25.6 Å². The predicted molar refractivity (Wildman–Crippen MR) is 107 cm³/mol. The second-order valence-corrected chi connectivity index (χ2v) is 6.75. The summed E-state index contributed by atoms with van der Waals surface area (Å²) in [6, 6.07) is 14.0. The third kappa shape index (κ3) is 5.62. The molecule has 5 heteroatoms. The highest BCUT2D eigenvalue weighted by atomic mass is 16.5. The molecule has 0 bridgehead atoms. The van der Waals surface area contributed by atoms with Crippen molar-refractivity contribution >= 4 is 17.8 Å². The Kier molecular flexibility index (Phi) is 6.78. The fourth-order valence-electron chi connectivity index (χ4n) is 2.34. The molecule has 2 aromatic carbocycles. The average Bonchev–Trinajstić information content (AvgIpc) is 2.61. The molecule has 0 spiro atoms. The Morgan fingerprint density at radius 3 is 2.50 bits per heavy atom. The van der Waals surface area contributed by atoms with E-state index < -0.39 is 0 Å². The minimum Gasteiger partial charge on any atom is -0.483 e. The van der Waals surface area contributed by atoms with Gasteiger partial charge in [-0.05, 0) is 47.7 Å². The fraction of sp³-hybridized carbons (Fsp3) is 0.333. The Balaban J connectivity index is 1.86. The number of carbonyl (C=O) groups excluding carboxylic acids is 1. The number of rotatable bonds is 7. The van der Waals surface area contributed by atoms with Gasteiger partial charge in [-0.25, -0.2) is 5.43 Å². The van der Waals surface area contributed by atoms with Crippen molar-refractivity contribution in [2.24, 2.45) is 5.10 Å². The maximum atomic E-state index is 11.9. The summed E-state index contributed by atoms with van der Waals surface area (Å²) in [6.07, 6.45) is 1.61. The molecule has 1 amide bonds. The van der Waals surface area contributed by atoms with Gasteiger partial charge in [0.1, 0.15) is 5.75 Å². The zero-order valence-corrected chi connectivity index (χ0v) is 16.1. The monoisotopic (exact) mass is 353 g/mol. The van der Waals surface area contributed by atoms with Crippen molar-refractivity contribution in [1.82, 2.24) is 5.43 Å². The SMILES string of the molecule is Cc1ccc(C(C)C)cc1OCC(=O)N/N=C\c1ccc(N(C)C)cc1. The lowest BCUT2D eigenvalue weighted by Gasteiger charge is -2.12. The molecule has 0 saturated heterocycles. The van der Waals surface area contributed by atoms with Crippen LogP contribution in [0.2, 0.25) is 0 Å². The number of aryl methyl sites for hydroxylation is 1. The van der Waals surface area contributed by atoms with Crippen LogP contribution in [0.1, 0.15) is 36.5 Å². The van der Waals surface area contributed by atoms with E-state index in [-0.39, 0.29) is 12.5 Å². The molecular weight excluding hydrogens is 326 g/mol. The topological polar surface area (TPSA) is 53.9 Å². The average molecular weight is 353 g/mol. The highest BCUT2D eigenvalue weighted by Crippen LogP contribution is 2.24. The molecular formula is C21H27N3O2. The van der Waals surface area contributed by atoms with Crippen molar-refractivity contribution in [2.45, 2.75) is 26.7 Å². The van der Waals surface area contributed by atoms with E-state index in [2.05, 4.69) is 30.4 Å². The number of carbonyl (C=O) groups is 1. The first-order valence-electron chi connectivity index (χ1n) is 8.69. The number of amides is 1. The highest BCUT2D eigenvalue weighted by Gasteiger charge is 2.07. The number of nitrogens with one attached hydrogen (secondary N) is 1. The molecule has 1 N–H and O–H groups in total. The van der Waals surface area contributed by atoms with Crippen molar-refractivity contribution in [3.8, 4) is 5.75 Å². The van der Waals surface area contributed by atoms with E-state index in [1.165, 1.54) is 5.56 Å². The summed E-state index contributed by atoms with van der Waals surface area (Å²) >= 11 is 0. The number of hydrogen-bond donors (Lipinski definition) is 1. The zero-order valence-electron chi connectivity index (χ0n) is 16.1. The van der Waals surface area contributed by atoms with Crippen LogP contribution in [0, 0.1) is 6.92 Å². The van der Waals surface area contributed by atoms with Crippen LogP contribution in [0.4, 0.5) is 5.69 Å². The van der Waals surface area contributed by atoms with Crippen LogP contribution in [0.25, 0.3) is 0 Å². The Morgan fingerprint density at radius 1 is 1.19 bits per heavy atom. The predicted octanol–water partition coefficient (Wildman–Crippen LogP) is 3.71. The summed E-state index contributed by atoms with van der Waals surface area (Å²) in [5, 5.41) is 3.98. The smallest absolute Gasteiger partial charge is 0.277 e. The normalized spacial score (nSPS) is 11.0. The van der Waals surface area contributed by atoms with Crippen LogP contribution in [0.15, 0.2) is 47.6 Å². The van der Waals surface area contributed by atoms with E-state index in [1.807, 2.05) is 62.3 Å². The zero-order chi connectivity index (χ0) is 19.1. The molecule has 0 heterocycles. The van der Waals surface area contributed by atoms with Crippen molar-refractivity contribution in [3.63, 3.8) is 0 Å². The molecule has 5 nitrogen and oxygen atoms in total. The van der Waals surface area contributed by atoms with E-state index in [0.717, 1.165) is 22.6 Å².